The van der Waals surface area contributed by atoms with Gasteiger partial charge in [-0.05, 0) is 12.1 Å². The van der Waals surface area contributed by atoms with E-state index in [4.69, 9.17) is 15.7 Å². The molecule has 82 valence electrons. The van der Waals surface area contributed by atoms with Crippen LogP contribution in [0.5, 0.6) is 0 Å². The maximum Gasteiger partial charge on any atom is 0.201 e. The summed E-state index contributed by atoms with van der Waals surface area (Å²) in [6.07, 6.45) is 0. The van der Waals surface area contributed by atoms with Crippen LogP contribution in [0.4, 0.5) is 5.95 Å². The summed E-state index contributed by atoms with van der Waals surface area (Å²) in [5.41, 5.74) is 7.91. The lowest BCUT2D eigenvalue weighted by Crippen LogP contribution is -2.08. The third kappa shape index (κ3) is 1.59. The molecule has 0 aliphatic rings. The molecule has 0 spiro atoms. The van der Waals surface area contributed by atoms with Crippen molar-refractivity contribution >= 4 is 17.0 Å². The van der Waals surface area contributed by atoms with E-state index in [2.05, 4.69) is 11.1 Å². The average Bonchev–Trinajstić information content (AvgIpc) is 2.62. The first-order chi connectivity index (χ1) is 7.77. The Morgan fingerprint density at radius 3 is 3.06 bits per heavy atom. The summed E-state index contributed by atoms with van der Waals surface area (Å²) in [5, 5.41) is 9.03. The monoisotopic (exact) mass is 216 g/mol. The van der Waals surface area contributed by atoms with Crippen molar-refractivity contribution in [1.82, 2.24) is 9.55 Å². The van der Waals surface area contributed by atoms with Crippen LogP contribution in [-0.4, -0.2) is 23.3 Å². The standard InChI is InChI=1S/C11H12N4O/c1-16-6-5-15-10-8(7-12)3-2-4-9(10)14-11(15)13/h2-4H,5-6H2,1H3,(H2,13,14). The van der Waals surface area contributed by atoms with Gasteiger partial charge in [0.05, 0.1) is 23.2 Å². The summed E-state index contributed by atoms with van der Waals surface area (Å²) in [4.78, 5) is 4.21. The van der Waals surface area contributed by atoms with Crippen molar-refractivity contribution in [3.63, 3.8) is 0 Å². The molecule has 5 heteroatoms. The zero-order chi connectivity index (χ0) is 11.5. The van der Waals surface area contributed by atoms with Gasteiger partial charge in [-0.25, -0.2) is 4.98 Å². The molecule has 16 heavy (non-hydrogen) atoms. The van der Waals surface area contributed by atoms with Crippen molar-refractivity contribution < 1.29 is 4.74 Å². The van der Waals surface area contributed by atoms with Gasteiger partial charge in [0.15, 0.2) is 0 Å². The summed E-state index contributed by atoms with van der Waals surface area (Å²) in [5.74, 6) is 0.412. The zero-order valence-electron chi connectivity index (χ0n) is 8.97. The van der Waals surface area contributed by atoms with E-state index in [0.29, 0.717) is 24.7 Å². The number of fused-ring (bicyclic) bond motifs is 1. The van der Waals surface area contributed by atoms with E-state index in [0.717, 1.165) is 11.0 Å². The van der Waals surface area contributed by atoms with Crippen LogP contribution in [0.1, 0.15) is 5.56 Å². The smallest absolute Gasteiger partial charge is 0.201 e. The van der Waals surface area contributed by atoms with Crippen molar-refractivity contribution in [1.29, 1.82) is 5.26 Å². The molecule has 0 aliphatic carbocycles. The molecule has 1 aromatic carbocycles. The number of imidazole rings is 1. The lowest BCUT2D eigenvalue weighted by Gasteiger charge is -2.05. The van der Waals surface area contributed by atoms with Gasteiger partial charge in [0, 0.05) is 13.7 Å². The van der Waals surface area contributed by atoms with Crippen LogP contribution in [0.2, 0.25) is 0 Å². The quantitative estimate of drug-likeness (QED) is 0.834. The molecule has 0 aliphatic heterocycles. The number of rotatable bonds is 3. The van der Waals surface area contributed by atoms with E-state index in [1.54, 1.807) is 23.8 Å². The van der Waals surface area contributed by atoms with Crippen LogP contribution in [-0.2, 0) is 11.3 Å². The van der Waals surface area contributed by atoms with Gasteiger partial charge in [-0.3, -0.25) is 0 Å². The summed E-state index contributed by atoms with van der Waals surface area (Å²) in [6.45, 7) is 1.13. The number of nitrogens with two attached hydrogens (primary N) is 1. The molecular weight excluding hydrogens is 204 g/mol. The largest absolute Gasteiger partial charge is 0.383 e. The first-order valence-electron chi connectivity index (χ1n) is 4.91. The van der Waals surface area contributed by atoms with Crippen LogP contribution in [0, 0.1) is 11.3 Å². The second kappa shape index (κ2) is 4.21. The predicted molar refractivity (Wildman–Crippen MR) is 60.7 cm³/mol. The highest BCUT2D eigenvalue weighted by Gasteiger charge is 2.11. The number of ether oxygens (including phenoxy) is 1. The van der Waals surface area contributed by atoms with Gasteiger partial charge in [-0.2, -0.15) is 5.26 Å². The molecular formula is C11H12N4O. The van der Waals surface area contributed by atoms with E-state index in [1.165, 1.54) is 0 Å². The van der Waals surface area contributed by atoms with Gasteiger partial charge < -0.3 is 15.0 Å². The number of nitriles is 1. The van der Waals surface area contributed by atoms with E-state index < -0.39 is 0 Å². The fraction of sp³-hybridized carbons (Fsp3) is 0.273. The minimum atomic E-state index is 0.412. The number of para-hydroxylation sites is 1. The zero-order valence-corrected chi connectivity index (χ0v) is 8.97. The Labute approximate surface area is 93.1 Å². The molecule has 0 bridgehead atoms. The van der Waals surface area contributed by atoms with Gasteiger partial charge in [-0.1, -0.05) is 6.07 Å². The van der Waals surface area contributed by atoms with Crippen LogP contribution in [0.25, 0.3) is 11.0 Å². The summed E-state index contributed by atoms with van der Waals surface area (Å²) >= 11 is 0. The first kappa shape index (κ1) is 10.5. The second-order valence-corrected chi connectivity index (χ2v) is 3.40. The number of benzene rings is 1. The van der Waals surface area contributed by atoms with Gasteiger partial charge in [0.2, 0.25) is 5.95 Å². The van der Waals surface area contributed by atoms with Gasteiger partial charge >= 0.3 is 0 Å². The number of nitrogens with zero attached hydrogens (tertiary/aromatic N) is 3. The Balaban J connectivity index is 2.62. The topological polar surface area (TPSA) is 76.9 Å². The number of methoxy groups -OCH3 is 1. The molecule has 1 aromatic heterocycles. The van der Waals surface area contributed by atoms with Crippen molar-refractivity contribution in [3.8, 4) is 6.07 Å². The van der Waals surface area contributed by atoms with Crippen molar-refractivity contribution in [2.75, 3.05) is 19.5 Å². The van der Waals surface area contributed by atoms with E-state index in [9.17, 15) is 0 Å². The Morgan fingerprint density at radius 1 is 1.56 bits per heavy atom. The van der Waals surface area contributed by atoms with Crippen molar-refractivity contribution in [2.24, 2.45) is 0 Å². The molecule has 1 heterocycles. The minimum absolute atomic E-state index is 0.412. The second-order valence-electron chi connectivity index (χ2n) is 3.40. The van der Waals surface area contributed by atoms with Gasteiger partial charge in [0.1, 0.15) is 6.07 Å². The molecule has 0 radical (unpaired) electrons. The summed E-state index contributed by atoms with van der Waals surface area (Å²) < 4.78 is 6.81. The molecule has 0 fully saturated rings. The lowest BCUT2D eigenvalue weighted by atomic mass is 10.2. The molecule has 0 saturated heterocycles. The van der Waals surface area contributed by atoms with Crippen LogP contribution in [0.15, 0.2) is 18.2 Å². The van der Waals surface area contributed by atoms with Gasteiger partial charge in [0.25, 0.3) is 0 Å². The lowest BCUT2D eigenvalue weighted by molar-refractivity contribution is 0.189. The Kier molecular flexibility index (Phi) is 2.75. The maximum atomic E-state index is 9.03. The SMILES string of the molecule is COCCn1c(N)nc2cccc(C#N)c21. The Morgan fingerprint density at radius 2 is 2.38 bits per heavy atom. The normalized spacial score (nSPS) is 10.5. The molecule has 2 rings (SSSR count). The maximum absolute atomic E-state index is 9.03. The van der Waals surface area contributed by atoms with Crippen molar-refractivity contribution in [2.45, 2.75) is 6.54 Å². The highest BCUT2D eigenvalue weighted by atomic mass is 16.5. The third-order valence-electron chi connectivity index (χ3n) is 2.44. The molecule has 0 atom stereocenters. The summed E-state index contributed by atoms with van der Waals surface area (Å²) in [6, 6.07) is 7.54. The Bertz CT molecular complexity index is 553. The van der Waals surface area contributed by atoms with Crippen LogP contribution < -0.4 is 5.73 Å². The van der Waals surface area contributed by atoms with E-state index in [-0.39, 0.29) is 0 Å². The molecule has 0 saturated carbocycles. The van der Waals surface area contributed by atoms with Crippen LogP contribution >= 0.6 is 0 Å². The molecule has 0 amide bonds. The molecule has 2 N–H and O–H groups in total. The fourth-order valence-electron chi connectivity index (χ4n) is 1.70. The number of anilines is 1. The summed E-state index contributed by atoms with van der Waals surface area (Å²) in [7, 11) is 1.63. The molecule has 2 aromatic rings. The highest BCUT2D eigenvalue weighted by Crippen LogP contribution is 2.21. The number of nitrogen functional groups attached to an aromatic ring is 1. The highest BCUT2D eigenvalue weighted by molar-refractivity contribution is 5.84. The van der Waals surface area contributed by atoms with E-state index in [1.807, 2.05) is 6.07 Å². The Hall–Kier alpha value is -2.06. The number of hydrogen-bond acceptors (Lipinski definition) is 4. The number of aromatic nitrogens is 2. The minimum Gasteiger partial charge on any atom is -0.383 e. The molecule has 5 nitrogen and oxygen atoms in total. The van der Waals surface area contributed by atoms with E-state index >= 15 is 0 Å². The third-order valence-corrected chi connectivity index (χ3v) is 2.44. The fourth-order valence-corrected chi connectivity index (χ4v) is 1.70. The molecule has 0 unspecified atom stereocenters. The van der Waals surface area contributed by atoms with Crippen LogP contribution in [0.3, 0.4) is 0 Å². The number of hydrogen-bond donors (Lipinski definition) is 1. The first-order valence-corrected chi connectivity index (χ1v) is 4.91. The predicted octanol–water partition coefficient (Wildman–Crippen LogP) is 1.14. The average molecular weight is 216 g/mol. The van der Waals surface area contributed by atoms with Crippen molar-refractivity contribution in [3.05, 3.63) is 23.8 Å². The van der Waals surface area contributed by atoms with Gasteiger partial charge in [-0.15, -0.1) is 0 Å².